The average molecular weight is 430 g/mol. The Kier molecular flexibility index (Phi) is 6.92. The number of methoxy groups -OCH3 is 1. The minimum Gasteiger partial charge on any atom is -0.468 e. The summed E-state index contributed by atoms with van der Waals surface area (Å²) in [5.74, 6) is -0.338. The lowest BCUT2D eigenvalue weighted by Crippen LogP contribution is -2.40. The lowest BCUT2D eigenvalue weighted by molar-refractivity contribution is -0.145. The Morgan fingerprint density at radius 1 is 1.00 bits per heavy atom. The minimum absolute atomic E-state index is 0.0965. The van der Waals surface area contributed by atoms with Crippen LogP contribution in [0.2, 0.25) is 0 Å². The highest BCUT2D eigenvalue weighted by Gasteiger charge is 2.39. The fourth-order valence-corrected chi connectivity index (χ4v) is 4.37. The predicted molar refractivity (Wildman–Crippen MR) is 122 cm³/mol. The summed E-state index contributed by atoms with van der Waals surface area (Å²) < 4.78 is 5.09. The summed E-state index contributed by atoms with van der Waals surface area (Å²) >= 11 is 0. The van der Waals surface area contributed by atoms with E-state index in [-0.39, 0.29) is 23.8 Å². The molecule has 6 heteroatoms. The van der Waals surface area contributed by atoms with Crippen LogP contribution in [0, 0.1) is 0 Å². The van der Waals surface area contributed by atoms with Gasteiger partial charge in [-0.3, -0.25) is 19.5 Å². The minimum atomic E-state index is -0.405. The van der Waals surface area contributed by atoms with Gasteiger partial charge in [-0.1, -0.05) is 60.7 Å². The van der Waals surface area contributed by atoms with Crippen LogP contribution in [0.25, 0.3) is 0 Å². The molecule has 3 aromatic rings. The maximum Gasteiger partial charge on any atom is 0.323 e. The van der Waals surface area contributed by atoms with E-state index in [0.29, 0.717) is 25.1 Å². The standard InChI is InChI=1S/C26H27N3O3/c1-32-26(31)24-16-22(28-25(30)21-12-14-27-15-13-21)17-29(24)18-23(19-8-4-2-5-9-19)20-10-6-3-7-11-20/h2-15,22-24H,16-18H2,1H3,(H,28,30)/t22-,24-/m0/s1. The number of nitrogens with one attached hydrogen (secondary N) is 1. The summed E-state index contributed by atoms with van der Waals surface area (Å²) in [7, 11) is 1.41. The molecule has 0 bridgehead atoms. The molecule has 2 atom stereocenters. The van der Waals surface area contributed by atoms with Crippen LogP contribution in [0.5, 0.6) is 0 Å². The number of carbonyl (C=O) groups excluding carboxylic acids is 2. The van der Waals surface area contributed by atoms with E-state index < -0.39 is 6.04 Å². The van der Waals surface area contributed by atoms with Crippen molar-refractivity contribution < 1.29 is 14.3 Å². The Morgan fingerprint density at radius 2 is 1.59 bits per heavy atom. The summed E-state index contributed by atoms with van der Waals surface area (Å²) in [5, 5.41) is 3.07. The molecule has 1 aliphatic rings. The van der Waals surface area contributed by atoms with Crippen LogP contribution in [0.4, 0.5) is 0 Å². The van der Waals surface area contributed by atoms with Gasteiger partial charge in [-0.15, -0.1) is 0 Å². The molecule has 6 nitrogen and oxygen atoms in total. The van der Waals surface area contributed by atoms with Gasteiger partial charge in [0.1, 0.15) is 6.04 Å². The van der Waals surface area contributed by atoms with Gasteiger partial charge >= 0.3 is 5.97 Å². The molecule has 4 rings (SSSR count). The molecular formula is C26H27N3O3. The second-order valence-electron chi connectivity index (χ2n) is 8.01. The normalized spacial score (nSPS) is 18.4. The zero-order valence-electron chi connectivity index (χ0n) is 18.1. The highest BCUT2D eigenvalue weighted by molar-refractivity contribution is 5.94. The molecule has 32 heavy (non-hydrogen) atoms. The number of likely N-dealkylation sites (tertiary alicyclic amines) is 1. The van der Waals surface area contributed by atoms with Gasteiger partial charge in [0.05, 0.1) is 7.11 Å². The first kappa shape index (κ1) is 21.7. The molecule has 2 heterocycles. The number of pyridine rings is 1. The number of aromatic nitrogens is 1. The lowest BCUT2D eigenvalue weighted by Gasteiger charge is -2.28. The van der Waals surface area contributed by atoms with Crippen LogP contribution < -0.4 is 5.32 Å². The first-order chi connectivity index (χ1) is 15.7. The molecule has 1 aromatic heterocycles. The van der Waals surface area contributed by atoms with Crippen LogP contribution in [-0.4, -0.2) is 54.0 Å². The van der Waals surface area contributed by atoms with Crippen molar-refractivity contribution in [2.45, 2.75) is 24.4 Å². The second-order valence-corrected chi connectivity index (χ2v) is 8.01. The van der Waals surface area contributed by atoms with Gasteiger partial charge in [0.2, 0.25) is 0 Å². The molecule has 0 aliphatic carbocycles. The van der Waals surface area contributed by atoms with Crippen molar-refractivity contribution in [2.24, 2.45) is 0 Å². The molecule has 0 spiro atoms. The third-order valence-electron chi connectivity index (χ3n) is 5.98. The van der Waals surface area contributed by atoms with Crippen LogP contribution in [-0.2, 0) is 9.53 Å². The van der Waals surface area contributed by atoms with E-state index in [2.05, 4.69) is 39.5 Å². The quantitative estimate of drug-likeness (QED) is 0.584. The van der Waals surface area contributed by atoms with Crippen LogP contribution in [0.15, 0.2) is 85.2 Å². The van der Waals surface area contributed by atoms with Crippen LogP contribution in [0.3, 0.4) is 0 Å². The highest BCUT2D eigenvalue weighted by atomic mass is 16.5. The van der Waals surface area contributed by atoms with Crippen LogP contribution >= 0.6 is 0 Å². The summed E-state index contributed by atoms with van der Waals surface area (Å²) in [6.07, 6.45) is 3.70. The molecule has 0 unspecified atom stereocenters. The molecule has 0 saturated carbocycles. The second kappa shape index (κ2) is 10.2. The number of benzene rings is 2. The highest BCUT2D eigenvalue weighted by Crippen LogP contribution is 2.29. The van der Waals surface area contributed by atoms with Gasteiger partial charge in [-0.05, 0) is 29.7 Å². The molecule has 1 N–H and O–H groups in total. The van der Waals surface area contributed by atoms with Crippen LogP contribution in [0.1, 0.15) is 33.8 Å². The van der Waals surface area contributed by atoms with Crippen molar-refractivity contribution in [3.63, 3.8) is 0 Å². The molecule has 1 aliphatic heterocycles. The fraction of sp³-hybridized carbons (Fsp3) is 0.269. The summed E-state index contributed by atoms with van der Waals surface area (Å²) in [5.41, 5.74) is 2.93. The van der Waals surface area contributed by atoms with E-state index in [4.69, 9.17) is 4.74 Å². The van der Waals surface area contributed by atoms with Gasteiger partial charge in [-0.2, -0.15) is 0 Å². The van der Waals surface area contributed by atoms with E-state index in [1.807, 2.05) is 36.4 Å². The Bertz CT molecular complexity index is 988. The first-order valence-corrected chi connectivity index (χ1v) is 10.8. The largest absolute Gasteiger partial charge is 0.468 e. The average Bonchev–Trinajstić information content (AvgIpc) is 3.25. The van der Waals surface area contributed by atoms with E-state index in [1.54, 1.807) is 24.5 Å². The molecule has 0 radical (unpaired) electrons. The molecular weight excluding hydrogens is 402 g/mol. The fourth-order valence-electron chi connectivity index (χ4n) is 4.37. The smallest absolute Gasteiger partial charge is 0.323 e. The predicted octanol–water partition coefficient (Wildman–Crippen LogP) is 3.26. The van der Waals surface area contributed by atoms with Gasteiger partial charge in [-0.25, -0.2) is 0 Å². The molecule has 1 saturated heterocycles. The Morgan fingerprint density at radius 3 is 2.16 bits per heavy atom. The Labute approximate surface area is 188 Å². The Balaban J connectivity index is 1.55. The monoisotopic (exact) mass is 429 g/mol. The van der Waals surface area contributed by atoms with E-state index in [9.17, 15) is 9.59 Å². The number of nitrogens with zero attached hydrogens (tertiary/aromatic N) is 2. The number of carbonyl (C=O) groups is 2. The summed E-state index contributed by atoms with van der Waals surface area (Å²) in [6.45, 7) is 1.22. The van der Waals surface area contributed by atoms with E-state index >= 15 is 0 Å². The van der Waals surface area contributed by atoms with Gasteiger partial charge in [0.15, 0.2) is 0 Å². The number of rotatable bonds is 7. The number of amides is 1. The third kappa shape index (κ3) is 5.03. The lowest BCUT2D eigenvalue weighted by atomic mass is 9.90. The van der Waals surface area contributed by atoms with Crippen molar-refractivity contribution >= 4 is 11.9 Å². The van der Waals surface area contributed by atoms with Crippen molar-refractivity contribution in [3.05, 3.63) is 102 Å². The topological polar surface area (TPSA) is 71.5 Å². The van der Waals surface area contributed by atoms with E-state index in [0.717, 1.165) is 0 Å². The summed E-state index contributed by atoms with van der Waals surface area (Å²) in [6, 6.07) is 23.4. The van der Waals surface area contributed by atoms with Gasteiger partial charge in [0, 0.05) is 43.0 Å². The van der Waals surface area contributed by atoms with Gasteiger partial charge < -0.3 is 10.1 Å². The molecule has 1 fully saturated rings. The molecule has 2 aromatic carbocycles. The molecule has 1 amide bonds. The van der Waals surface area contributed by atoms with Crippen molar-refractivity contribution in [3.8, 4) is 0 Å². The molecule has 164 valence electrons. The van der Waals surface area contributed by atoms with Crippen molar-refractivity contribution in [2.75, 3.05) is 20.2 Å². The zero-order chi connectivity index (χ0) is 22.3. The number of hydrogen-bond acceptors (Lipinski definition) is 5. The Hall–Kier alpha value is -3.51. The van der Waals surface area contributed by atoms with Gasteiger partial charge in [0.25, 0.3) is 5.91 Å². The summed E-state index contributed by atoms with van der Waals surface area (Å²) in [4.78, 5) is 31.3. The number of hydrogen-bond donors (Lipinski definition) is 1. The first-order valence-electron chi connectivity index (χ1n) is 10.8. The zero-order valence-corrected chi connectivity index (χ0v) is 18.1. The number of ether oxygens (including phenoxy) is 1. The van der Waals surface area contributed by atoms with Crippen molar-refractivity contribution in [1.29, 1.82) is 0 Å². The van der Waals surface area contributed by atoms with Crippen molar-refractivity contribution in [1.82, 2.24) is 15.2 Å². The number of esters is 1. The maximum atomic E-state index is 12.6. The third-order valence-corrected chi connectivity index (χ3v) is 5.98. The maximum absolute atomic E-state index is 12.6. The SMILES string of the molecule is COC(=O)[C@@H]1C[C@H](NC(=O)c2ccncc2)CN1CC(c1ccccc1)c1ccccc1. The van der Waals surface area contributed by atoms with E-state index in [1.165, 1.54) is 18.2 Å².